The first-order valence-electron chi connectivity index (χ1n) is 7.84. The molecular weight excluding hydrogens is 326 g/mol. The van der Waals surface area contributed by atoms with Crippen LogP contribution in [0.3, 0.4) is 0 Å². The summed E-state index contributed by atoms with van der Waals surface area (Å²) in [6.07, 6.45) is 1.10. The van der Waals surface area contributed by atoms with Gasteiger partial charge in [0.2, 0.25) is 0 Å². The average Bonchev–Trinajstić information content (AvgIpc) is 3.16. The molecule has 2 heterocycles. The molecular formula is C17H17N3O5. The van der Waals surface area contributed by atoms with E-state index in [1.54, 1.807) is 18.2 Å². The summed E-state index contributed by atoms with van der Waals surface area (Å²) in [6.45, 7) is 1.49. The third-order valence-corrected chi connectivity index (χ3v) is 4.22. The van der Waals surface area contributed by atoms with Gasteiger partial charge in [0.25, 0.3) is 5.69 Å². The van der Waals surface area contributed by atoms with Crippen LogP contribution < -0.4 is 4.90 Å². The van der Waals surface area contributed by atoms with Crippen LogP contribution in [0.25, 0.3) is 0 Å². The van der Waals surface area contributed by atoms with E-state index in [0.717, 1.165) is 0 Å². The second kappa shape index (κ2) is 7.34. The molecule has 3 rings (SSSR count). The summed E-state index contributed by atoms with van der Waals surface area (Å²) in [7, 11) is 0. The summed E-state index contributed by atoms with van der Waals surface area (Å²) in [5.41, 5.74) is 0.494. The van der Waals surface area contributed by atoms with Crippen LogP contribution in [0.1, 0.15) is 23.8 Å². The van der Waals surface area contributed by atoms with Crippen molar-refractivity contribution in [2.24, 2.45) is 0 Å². The fourth-order valence-corrected chi connectivity index (χ4v) is 3.00. The van der Waals surface area contributed by atoms with E-state index in [9.17, 15) is 20.5 Å². The quantitative estimate of drug-likeness (QED) is 0.655. The number of nitrogens with zero attached hydrogens (tertiary/aromatic N) is 3. The zero-order chi connectivity index (χ0) is 17.8. The molecule has 130 valence electrons. The molecule has 25 heavy (non-hydrogen) atoms. The van der Waals surface area contributed by atoms with Gasteiger partial charge in [-0.2, -0.15) is 5.26 Å². The van der Waals surface area contributed by atoms with E-state index in [2.05, 4.69) is 0 Å². The molecule has 0 amide bonds. The van der Waals surface area contributed by atoms with Crippen molar-refractivity contribution in [3.63, 3.8) is 0 Å². The number of rotatable bonds is 5. The van der Waals surface area contributed by atoms with Crippen LogP contribution in [0.4, 0.5) is 11.4 Å². The van der Waals surface area contributed by atoms with Gasteiger partial charge in [0.05, 0.1) is 30.4 Å². The van der Waals surface area contributed by atoms with E-state index in [4.69, 9.17) is 9.15 Å². The van der Waals surface area contributed by atoms with Gasteiger partial charge in [0, 0.05) is 24.7 Å². The van der Waals surface area contributed by atoms with Gasteiger partial charge < -0.3 is 19.2 Å². The largest absolute Gasteiger partial charge is 0.467 e. The van der Waals surface area contributed by atoms with Crippen molar-refractivity contribution in [2.75, 3.05) is 24.7 Å². The molecule has 1 saturated heterocycles. The minimum atomic E-state index is -0.780. The number of nitro benzene ring substituents is 1. The Morgan fingerprint density at radius 2 is 2.32 bits per heavy atom. The third kappa shape index (κ3) is 3.63. The van der Waals surface area contributed by atoms with Gasteiger partial charge in [-0.3, -0.25) is 10.1 Å². The highest BCUT2D eigenvalue weighted by Crippen LogP contribution is 2.30. The van der Waals surface area contributed by atoms with Crippen LogP contribution >= 0.6 is 0 Å². The first-order chi connectivity index (χ1) is 12.1. The molecule has 0 aliphatic carbocycles. The van der Waals surface area contributed by atoms with Crippen molar-refractivity contribution in [2.45, 2.75) is 18.6 Å². The number of aliphatic hydroxyl groups is 1. The molecule has 1 aromatic carbocycles. The Labute approximate surface area is 144 Å². The molecule has 1 fully saturated rings. The van der Waals surface area contributed by atoms with Gasteiger partial charge in [0.1, 0.15) is 23.5 Å². The number of morpholine rings is 1. The molecule has 1 N–H and O–H groups in total. The van der Waals surface area contributed by atoms with E-state index in [0.29, 0.717) is 37.6 Å². The zero-order valence-corrected chi connectivity index (χ0v) is 13.4. The van der Waals surface area contributed by atoms with Crippen molar-refractivity contribution < 1.29 is 19.2 Å². The SMILES string of the molecule is N#Cc1cc(N2CCOCC2CC(O)c2ccco2)ccc1[N+](=O)[O-]. The maximum Gasteiger partial charge on any atom is 0.287 e. The summed E-state index contributed by atoms with van der Waals surface area (Å²) in [6, 6.07) is 9.62. The molecule has 2 atom stereocenters. The van der Waals surface area contributed by atoms with Crippen molar-refractivity contribution >= 4 is 11.4 Å². The zero-order valence-electron chi connectivity index (χ0n) is 13.4. The summed E-state index contributed by atoms with van der Waals surface area (Å²) < 4.78 is 10.7. The smallest absolute Gasteiger partial charge is 0.287 e. The third-order valence-electron chi connectivity index (χ3n) is 4.22. The molecule has 0 spiro atoms. The second-order valence-corrected chi connectivity index (χ2v) is 5.76. The summed E-state index contributed by atoms with van der Waals surface area (Å²) in [4.78, 5) is 12.4. The van der Waals surface area contributed by atoms with Crippen LogP contribution in [0, 0.1) is 21.4 Å². The molecule has 0 radical (unpaired) electrons. The van der Waals surface area contributed by atoms with Crippen LogP contribution in [0.15, 0.2) is 41.0 Å². The standard InChI is InChI=1S/C17H17N3O5/c18-10-12-8-13(3-4-15(12)20(22)23)19-5-7-24-11-14(19)9-16(21)17-2-1-6-25-17/h1-4,6,8,14,16,21H,5,7,9,11H2. The molecule has 1 aliphatic heterocycles. The lowest BCUT2D eigenvalue weighted by molar-refractivity contribution is -0.385. The normalized spacial score (nSPS) is 18.6. The topological polar surface area (TPSA) is 113 Å². The Morgan fingerprint density at radius 1 is 1.48 bits per heavy atom. The Morgan fingerprint density at radius 3 is 3.00 bits per heavy atom. The molecule has 0 bridgehead atoms. The molecule has 1 aliphatic rings. The van der Waals surface area contributed by atoms with E-state index >= 15 is 0 Å². The van der Waals surface area contributed by atoms with E-state index in [1.165, 1.54) is 18.4 Å². The highest BCUT2D eigenvalue weighted by Gasteiger charge is 2.28. The molecule has 0 saturated carbocycles. The number of nitro groups is 1. The lowest BCUT2D eigenvalue weighted by Gasteiger charge is -2.38. The molecule has 2 aromatic rings. The van der Waals surface area contributed by atoms with Gasteiger partial charge in [-0.25, -0.2) is 0 Å². The fraction of sp³-hybridized carbons (Fsp3) is 0.353. The van der Waals surface area contributed by atoms with Crippen molar-refractivity contribution in [1.82, 2.24) is 0 Å². The number of furan rings is 1. The molecule has 1 aromatic heterocycles. The van der Waals surface area contributed by atoms with Gasteiger partial charge in [0.15, 0.2) is 0 Å². The van der Waals surface area contributed by atoms with Gasteiger partial charge in [-0.05, 0) is 24.3 Å². The van der Waals surface area contributed by atoms with Crippen molar-refractivity contribution in [3.05, 3.63) is 58.0 Å². The highest BCUT2D eigenvalue weighted by atomic mass is 16.6. The number of hydrogen-bond donors (Lipinski definition) is 1. The lowest BCUT2D eigenvalue weighted by atomic mass is 10.0. The first kappa shape index (κ1) is 17.0. The number of benzene rings is 1. The Hall–Kier alpha value is -2.89. The van der Waals surface area contributed by atoms with Gasteiger partial charge in [-0.15, -0.1) is 0 Å². The minimum absolute atomic E-state index is 0.0133. The summed E-state index contributed by atoms with van der Waals surface area (Å²) >= 11 is 0. The second-order valence-electron chi connectivity index (χ2n) is 5.76. The predicted molar refractivity (Wildman–Crippen MR) is 88.0 cm³/mol. The summed E-state index contributed by atoms with van der Waals surface area (Å²) in [5.74, 6) is 0.479. The molecule has 8 heteroatoms. The van der Waals surface area contributed by atoms with Gasteiger partial charge in [-0.1, -0.05) is 0 Å². The van der Waals surface area contributed by atoms with Crippen LogP contribution in [0.5, 0.6) is 0 Å². The average molecular weight is 343 g/mol. The Bertz CT molecular complexity index is 784. The minimum Gasteiger partial charge on any atom is -0.467 e. The molecule has 8 nitrogen and oxygen atoms in total. The van der Waals surface area contributed by atoms with E-state index in [1.807, 2.05) is 11.0 Å². The van der Waals surface area contributed by atoms with Crippen LogP contribution in [0.2, 0.25) is 0 Å². The lowest BCUT2D eigenvalue weighted by Crippen LogP contribution is -2.46. The van der Waals surface area contributed by atoms with Crippen molar-refractivity contribution in [3.8, 4) is 6.07 Å². The monoisotopic (exact) mass is 343 g/mol. The number of hydrogen-bond acceptors (Lipinski definition) is 7. The predicted octanol–water partition coefficient (Wildman–Crippen LogP) is 2.39. The number of ether oxygens (including phenoxy) is 1. The number of aliphatic hydroxyl groups excluding tert-OH is 1. The first-order valence-corrected chi connectivity index (χ1v) is 7.84. The fourth-order valence-electron chi connectivity index (χ4n) is 3.00. The summed E-state index contributed by atoms with van der Waals surface area (Å²) in [5, 5.41) is 30.5. The highest BCUT2D eigenvalue weighted by molar-refractivity contribution is 5.60. The van der Waals surface area contributed by atoms with Crippen LogP contribution in [-0.2, 0) is 4.74 Å². The van der Waals surface area contributed by atoms with Crippen molar-refractivity contribution in [1.29, 1.82) is 5.26 Å². The van der Waals surface area contributed by atoms with Crippen LogP contribution in [-0.4, -0.2) is 35.8 Å². The molecule has 2 unspecified atom stereocenters. The Kier molecular flexibility index (Phi) is 4.97. The number of nitriles is 1. The van der Waals surface area contributed by atoms with E-state index < -0.39 is 11.0 Å². The number of anilines is 1. The maximum atomic E-state index is 11.0. The Balaban J connectivity index is 1.83. The van der Waals surface area contributed by atoms with Gasteiger partial charge >= 0.3 is 0 Å². The maximum absolute atomic E-state index is 11.0. The van der Waals surface area contributed by atoms with E-state index in [-0.39, 0.29) is 17.3 Å².